The van der Waals surface area contributed by atoms with Crippen LogP contribution in [0.25, 0.3) is 22.1 Å². The molecule has 0 aliphatic heterocycles. The van der Waals surface area contributed by atoms with Crippen molar-refractivity contribution in [2.75, 3.05) is 0 Å². The van der Waals surface area contributed by atoms with Crippen molar-refractivity contribution in [1.29, 1.82) is 0 Å². The van der Waals surface area contributed by atoms with Gasteiger partial charge in [-0.2, -0.15) is 5.10 Å². The van der Waals surface area contributed by atoms with Crippen molar-refractivity contribution < 1.29 is 9.21 Å². The second kappa shape index (κ2) is 7.55. The van der Waals surface area contributed by atoms with Crippen LogP contribution in [-0.4, -0.2) is 17.1 Å². The molecule has 1 amide bonds. The van der Waals surface area contributed by atoms with Crippen molar-refractivity contribution in [3.63, 3.8) is 0 Å². The number of aromatic nitrogens is 1. The molecule has 0 atom stereocenters. The van der Waals surface area contributed by atoms with Crippen LogP contribution < -0.4 is 5.43 Å². The molecule has 0 aliphatic rings. The van der Waals surface area contributed by atoms with E-state index in [2.05, 4.69) is 31.4 Å². The number of hydrogen-bond donors (Lipinski definition) is 1. The average molecular weight is 420 g/mol. The van der Waals surface area contributed by atoms with Crippen molar-refractivity contribution in [2.45, 2.75) is 0 Å². The molecule has 2 aromatic carbocycles. The van der Waals surface area contributed by atoms with Gasteiger partial charge >= 0.3 is 0 Å². The maximum atomic E-state index is 12.1. The minimum Gasteiger partial charge on any atom is -0.454 e. The van der Waals surface area contributed by atoms with E-state index in [1.165, 1.54) is 6.21 Å². The second-order valence-corrected chi connectivity index (χ2v) is 6.70. The molecule has 0 radical (unpaired) electrons. The van der Waals surface area contributed by atoms with Gasteiger partial charge in [-0.05, 0) is 35.9 Å². The van der Waals surface area contributed by atoms with Crippen LogP contribution >= 0.6 is 15.9 Å². The highest BCUT2D eigenvalue weighted by molar-refractivity contribution is 9.10. The summed E-state index contributed by atoms with van der Waals surface area (Å²) in [6.45, 7) is 0. The van der Waals surface area contributed by atoms with Gasteiger partial charge in [-0.3, -0.25) is 9.78 Å². The van der Waals surface area contributed by atoms with Gasteiger partial charge in [0.15, 0.2) is 5.76 Å². The standard InChI is InChI=1S/C21H14BrN3O2/c22-16-6-7-18-17(12-16)20(14-4-2-1-3-5-14)19(27-18)13-24-25-21(26)15-8-10-23-11-9-15/h1-13H,(H,25,26)/b24-13-. The summed E-state index contributed by atoms with van der Waals surface area (Å²) in [4.78, 5) is 16.0. The van der Waals surface area contributed by atoms with Crippen LogP contribution in [0.1, 0.15) is 16.1 Å². The number of fused-ring (bicyclic) bond motifs is 1. The van der Waals surface area contributed by atoms with Crippen LogP contribution in [0.2, 0.25) is 0 Å². The first kappa shape index (κ1) is 17.2. The number of rotatable bonds is 4. The maximum absolute atomic E-state index is 12.1. The summed E-state index contributed by atoms with van der Waals surface area (Å²) in [5.41, 5.74) is 5.68. The number of carbonyl (C=O) groups excluding carboxylic acids is 1. The fourth-order valence-corrected chi connectivity index (χ4v) is 3.16. The third-order valence-corrected chi connectivity index (χ3v) is 4.52. The van der Waals surface area contributed by atoms with Gasteiger partial charge in [-0.1, -0.05) is 46.3 Å². The molecule has 0 aliphatic carbocycles. The minimum atomic E-state index is -0.311. The van der Waals surface area contributed by atoms with E-state index in [4.69, 9.17) is 4.42 Å². The molecule has 27 heavy (non-hydrogen) atoms. The van der Waals surface area contributed by atoms with Gasteiger partial charge in [0.25, 0.3) is 5.91 Å². The first-order chi connectivity index (χ1) is 13.2. The molecule has 132 valence electrons. The number of pyridine rings is 1. The normalized spacial score (nSPS) is 11.1. The number of halogens is 1. The Kier molecular flexibility index (Phi) is 4.80. The van der Waals surface area contributed by atoms with Crippen LogP contribution in [0, 0.1) is 0 Å². The SMILES string of the molecule is O=C(N/N=C\c1oc2ccc(Br)cc2c1-c1ccccc1)c1ccncc1. The molecule has 4 aromatic rings. The first-order valence-corrected chi connectivity index (χ1v) is 9.02. The lowest BCUT2D eigenvalue weighted by Gasteiger charge is -2.01. The highest BCUT2D eigenvalue weighted by Crippen LogP contribution is 2.35. The molecule has 0 unspecified atom stereocenters. The number of amides is 1. The Labute approximate surface area is 163 Å². The van der Waals surface area contributed by atoms with E-state index in [1.54, 1.807) is 24.5 Å². The van der Waals surface area contributed by atoms with Crippen LogP contribution in [-0.2, 0) is 0 Å². The van der Waals surface area contributed by atoms with Crippen molar-refractivity contribution in [3.05, 3.63) is 88.9 Å². The summed E-state index contributed by atoms with van der Waals surface area (Å²) >= 11 is 3.51. The molecule has 0 spiro atoms. The number of furan rings is 1. The lowest BCUT2D eigenvalue weighted by Crippen LogP contribution is -2.17. The summed E-state index contributed by atoms with van der Waals surface area (Å²) in [7, 11) is 0. The second-order valence-electron chi connectivity index (χ2n) is 5.78. The molecule has 0 bridgehead atoms. The zero-order valence-corrected chi connectivity index (χ0v) is 15.7. The van der Waals surface area contributed by atoms with Gasteiger partial charge in [0.1, 0.15) is 5.58 Å². The van der Waals surface area contributed by atoms with E-state index in [9.17, 15) is 4.79 Å². The molecule has 4 rings (SSSR count). The van der Waals surface area contributed by atoms with E-state index < -0.39 is 0 Å². The van der Waals surface area contributed by atoms with Gasteiger partial charge < -0.3 is 4.42 Å². The van der Waals surface area contributed by atoms with Crippen molar-refractivity contribution in [1.82, 2.24) is 10.4 Å². The van der Waals surface area contributed by atoms with E-state index in [-0.39, 0.29) is 5.91 Å². The number of benzene rings is 2. The van der Waals surface area contributed by atoms with Crippen molar-refractivity contribution >= 4 is 39.0 Å². The molecule has 2 heterocycles. The Morgan fingerprint density at radius 1 is 1.07 bits per heavy atom. The minimum absolute atomic E-state index is 0.311. The summed E-state index contributed by atoms with van der Waals surface area (Å²) in [5.74, 6) is 0.262. The molecule has 1 N–H and O–H groups in total. The summed E-state index contributed by atoms with van der Waals surface area (Å²) < 4.78 is 6.93. The monoisotopic (exact) mass is 419 g/mol. The fourth-order valence-electron chi connectivity index (χ4n) is 2.80. The van der Waals surface area contributed by atoms with Gasteiger partial charge in [0.2, 0.25) is 0 Å². The van der Waals surface area contributed by atoms with E-state index in [0.717, 1.165) is 26.6 Å². The lowest BCUT2D eigenvalue weighted by atomic mass is 10.0. The largest absolute Gasteiger partial charge is 0.454 e. The molecular formula is C21H14BrN3O2. The predicted octanol–water partition coefficient (Wildman–Crippen LogP) is 5.02. The number of nitrogens with zero attached hydrogens (tertiary/aromatic N) is 2. The lowest BCUT2D eigenvalue weighted by molar-refractivity contribution is 0.0955. The molecule has 6 heteroatoms. The van der Waals surface area contributed by atoms with E-state index in [1.807, 2.05) is 48.5 Å². The van der Waals surface area contributed by atoms with Crippen LogP contribution in [0.5, 0.6) is 0 Å². The summed E-state index contributed by atoms with van der Waals surface area (Å²) in [5, 5.41) is 5.04. The predicted molar refractivity (Wildman–Crippen MR) is 109 cm³/mol. The van der Waals surface area contributed by atoms with Crippen molar-refractivity contribution in [3.8, 4) is 11.1 Å². The maximum Gasteiger partial charge on any atom is 0.271 e. The Bertz CT molecular complexity index is 1120. The molecule has 5 nitrogen and oxygen atoms in total. The quantitative estimate of drug-likeness (QED) is 0.372. The molecule has 0 saturated heterocycles. The van der Waals surface area contributed by atoms with Gasteiger partial charge in [0.05, 0.1) is 6.21 Å². The highest BCUT2D eigenvalue weighted by atomic mass is 79.9. The molecular weight excluding hydrogens is 406 g/mol. The molecule has 2 aromatic heterocycles. The Hall–Kier alpha value is -3.25. The first-order valence-electron chi connectivity index (χ1n) is 8.23. The summed E-state index contributed by atoms with van der Waals surface area (Å²) in [6, 6.07) is 19.0. The number of hydrazone groups is 1. The van der Waals surface area contributed by atoms with E-state index in [0.29, 0.717) is 11.3 Å². The highest BCUT2D eigenvalue weighted by Gasteiger charge is 2.15. The van der Waals surface area contributed by atoms with Crippen LogP contribution in [0.3, 0.4) is 0 Å². The van der Waals surface area contributed by atoms with Crippen molar-refractivity contribution in [2.24, 2.45) is 5.10 Å². The van der Waals surface area contributed by atoms with Crippen LogP contribution in [0.4, 0.5) is 0 Å². The molecule has 0 fully saturated rings. The zero-order chi connectivity index (χ0) is 18.6. The Morgan fingerprint density at radius 2 is 1.85 bits per heavy atom. The third kappa shape index (κ3) is 3.66. The number of nitrogens with one attached hydrogen (secondary N) is 1. The number of hydrogen-bond acceptors (Lipinski definition) is 4. The molecule has 0 saturated carbocycles. The zero-order valence-electron chi connectivity index (χ0n) is 14.1. The van der Waals surface area contributed by atoms with Gasteiger partial charge in [0, 0.05) is 33.4 Å². The summed E-state index contributed by atoms with van der Waals surface area (Å²) in [6.07, 6.45) is 4.64. The van der Waals surface area contributed by atoms with E-state index >= 15 is 0 Å². The van der Waals surface area contributed by atoms with Gasteiger partial charge in [-0.25, -0.2) is 5.43 Å². The average Bonchev–Trinajstić information content (AvgIpc) is 3.06. The Morgan fingerprint density at radius 3 is 2.63 bits per heavy atom. The number of carbonyl (C=O) groups is 1. The third-order valence-electron chi connectivity index (χ3n) is 4.03. The smallest absolute Gasteiger partial charge is 0.271 e. The van der Waals surface area contributed by atoms with Gasteiger partial charge in [-0.15, -0.1) is 0 Å². The fraction of sp³-hybridized carbons (Fsp3) is 0. The Balaban J connectivity index is 1.70. The topological polar surface area (TPSA) is 67.5 Å². The van der Waals surface area contributed by atoms with Crippen LogP contribution in [0.15, 0.2) is 87.0 Å².